The Hall–Kier alpha value is -3.81. The van der Waals surface area contributed by atoms with Crippen molar-refractivity contribution < 1.29 is 28.5 Å². The molecule has 7 nitrogen and oxygen atoms in total. The van der Waals surface area contributed by atoms with Crippen LogP contribution in [0, 0.1) is 0 Å². The molecule has 3 aromatic carbocycles. The highest BCUT2D eigenvalue weighted by molar-refractivity contribution is 6.34. The minimum atomic E-state index is -0.901. The molecule has 4 aromatic rings. The highest BCUT2D eigenvalue weighted by Gasteiger charge is 2.12. The van der Waals surface area contributed by atoms with Crippen molar-refractivity contribution in [1.29, 1.82) is 0 Å². The van der Waals surface area contributed by atoms with Gasteiger partial charge in [0.2, 0.25) is 0 Å². The molecule has 0 fully saturated rings. The van der Waals surface area contributed by atoms with E-state index in [1.54, 1.807) is 60.7 Å². The summed E-state index contributed by atoms with van der Waals surface area (Å²) >= 11 is 6.17. The van der Waals surface area contributed by atoms with Crippen molar-refractivity contribution in [2.45, 2.75) is 6.10 Å². The second-order valence-electron chi connectivity index (χ2n) is 7.41. The molecule has 1 unspecified atom stereocenters. The van der Waals surface area contributed by atoms with Crippen LogP contribution in [-0.4, -0.2) is 37.5 Å². The van der Waals surface area contributed by atoms with Crippen LogP contribution >= 0.6 is 11.6 Å². The first kappa shape index (κ1) is 23.4. The third-order valence-electron chi connectivity index (χ3n) is 4.99. The van der Waals surface area contributed by atoms with Gasteiger partial charge in [-0.2, -0.15) is 0 Å². The van der Waals surface area contributed by atoms with Gasteiger partial charge in [0.1, 0.15) is 36.6 Å². The topological polar surface area (TPSA) is 95.2 Å². The highest BCUT2D eigenvalue weighted by Crippen LogP contribution is 2.28. The van der Waals surface area contributed by atoms with Gasteiger partial charge < -0.3 is 23.7 Å². The molecule has 0 aliphatic heterocycles. The number of methoxy groups -OCH3 is 1. The maximum absolute atomic E-state index is 12.4. The van der Waals surface area contributed by atoms with E-state index < -0.39 is 12.1 Å². The summed E-state index contributed by atoms with van der Waals surface area (Å²) in [7, 11) is 1.30. The fourth-order valence-electron chi connectivity index (χ4n) is 3.26. The summed E-state index contributed by atoms with van der Waals surface area (Å²) < 4.78 is 21.7. The molecule has 1 heterocycles. The molecule has 174 valence electrons. The molecule has 0 spiro atoms. The monoisotopic (exact) mass is 480 g/mol. The van der Waals surface area contributed by atoms with Crippen LogP contribution in [0.3, 0.4) is 0 Å². The van der Waals surface area contributed by atoms with Gasteiger partial charge in [0.25, 0.3) is 0 Å². The molecule has 0 saturated carbocycles. The summed E-state index contributed by atoms with van der Waals surface area (Å²) in [5, 5.41) is 11.0. The molecule has 34 heavy (non-hydrogen) atoms. The van der Waals surface area contributed by atoms with E-state index >= 15 is 0 Å². The Kier molecular flexibility index (Phi) is 7.15. The molecule has 8 heteroatoms. The minimum Gasteiger partial charge on any atom is -0.491 e. The molecule has 4 rings (SSSR count). The Balaban J connectivity index is 1.35. The van der Waals surface area contributed by atoms with Crippen molar-refractivity contribution in [3.8, 4) is 22.8 Å². The number of halogens is 1. The van der Waals surface area contributed by atoms with Gasteiger partial charge in [-0.15, -0.1) is 0 Å². The standard InChI is InChI=1S/C26H21ClO7/c1-31-26(30)17-4-2-5-20(12-17)33-15-18(28)14-32-19-10-8-16(9-11-19)24-13-23(29)21-6-3-7-22(27)25(21)34-24/h2-13,18,28H,14-15H2,1H3. The number of aliphatic hydroxyl groups excluding tert-OH is 1. The molecule has 0 aliphatic carbocycles. The number of ether oxygens (including phenoxy) is 3. The fraction of sp³-hybridized carbons (Fsp3) is 0.154. The molecule has 1 atom stereocenters. The summed E-state index contributed by atoms with van der Waals surface area (Å²) in [5.41, 5.74) is 1.20. The lowest BCUT2D eigenvalue weighted by atomic mass is 10.1. The SMILES string of the molecule is COC(=O)c1cccc(OCC(O)COc2ccc(-c3cc(=O)c4cccc(Cl)c4o3)cc2)c1. The van der Waals surface area contributed by atoms with Crippen molar-refractivity contribution in [2.75, 3.05) is 20.3 Å². The first-order valence-electron chi connectivity index (χ1n) is 10.4. The summed E-state index contributed by atoms with van der Waals surface area (Å²) in [4.78, 5) is 24.0. The number of rotatable bonds is 8. The number of esters is 1. The molecule has 0 saturated heterocycles. The van der Waals surface area contributed by atoms with Gasteiger partial charge in [-0.3, -0.25) is 4.79 Å². The number of carbonyl (C=O) groups is 1. The second kappa shape index (κ2) is 10.4. The van der Waals surface area contributed by atoms with E-state index in [0.29, 0.717) is 44.4 Å². The quantitative estimate of drug-likeness (QED) is 0.364. The number of hydrogen-bond donors (Lipinski definition) is 1. The van der Waals surface area contributed by atoms with Crippen molar-refractivity contribution in [3.05, 3.63) is 93.6 Å². The number of fused-ring (bicyclic) bond motifs is 1. The Morgan fingerprint density at radius 1 is 0.971 bits per heavy atom. The van der Waals surface area contributed by atoms with Gasteiger partial charge in [-0.05, 0) is 54.6 Å². The van der Waals surface area contributed by atoms with E-state index in [-0.39, 0.29) is 18.6 Å². The van der Waals surface area contributed by atoms with Crippen molar-refractivity contribution in [1.82, 2.24) is 0 Å². The number of hydrogen-bond acceptors (Lipinski definition) is 7. The number of carbonyl (C=O) groups excluding carboxylic acids is 1. The summed E-state index contributed by atoms with van der Waals surface area (Å²) in [5.74, 6) is 0.878. The van der Waals surface area contributed by atoms with Crippen LogP contribution < -0.4 is 14.9 Å². The normalized spacial score (nSPS) is 11.7. The van der Waals surface area contributed by atoms with Crippen molar-refractivity contribution in [3.63, 3.8) is 0 Å². The van der Waals surface area contributed by atoms with E-state index in [4.69, 9.17) is 25.5 Å². The molecule has 1 aromatic heterocycles. The van der Waals surface area contributed by atoms with Crippen LogP contribution in [0.1, 0.15) is 10.4 Å². The van der Waals surface area contributed by atoms with Crippen molar-refractivity contribution >= 4 is 28.5 Å². The van der Waals surface area contributed by atoms with Crippen LogP contribution in [0.2, 0.25) is 5.02 Å². The third-order valence-corrected chi connectivity index (χ3v) is 5.28. The number of para-hydroxylation sites is 1. The fourth-order valence-corrected chi connectivity index (χ4v) is 3.48. The van der Waals surface area contributed by atoms with Gasteiger partial charge in [0.05, 0.1) is 23.1 Å². The lowest BCUT2D eigenvalue weighted by molar-refractivity contribution is 0.0593. The van der Waals surface area contributed by atoms with Crippen LogP contribution in [-0.2, 0) is 4.74 Å². The zero-order valence-electron chi connectivity index (χ0n) is 18.2. The maximum atomic E-state index is 12.4. The van der Waals surface area contributed by atoms with Gasteiger partial charge in [0.15, 0.2) is 11.0 Å². The molecule has 0 aliphatic rings. The first-order chi connectivity index (χ1) is 16.4. The molecular formula is C26H21ClO7. The van der Waals surface area contributed by atoms with E-state index in [9.17, 15) is 14.7 Å². The van der Waals surface area contributed by atoms with Crippen molar-refractivity contribution in [2.24, 2.45) is 0 Å². The van der Waals surface area contributed by atoms with E-state index in [1.165, 1.54) is 19.2 Å². The minimum absolute atomic E-state index is 0.00327. The van der Waals surface area contributed by atoms with E-state index in [2.05, 4.69) is 4.74 Å². The Labute approximate surface area is 200 Å². The summed E-state index contributed by atoms with van der Waals surface area (Å²) in [6.45, 7) is -0.0254. The Morgan fingerprint density at radius 2 is 1.68 bits per heavy atom. The molecule has 1 N–H and O–H groups in total. The van der Waals surface area contributed by atoms with Crippen LogP contribution in [0.25, 0.3) is 22.3 Å². The smallest absolute Gasteiger partial charge is 0.337 e. The lowest BCUT2D eigenvalue weighted by Crippen LogP contribution is -2.25. The average Bonchev–Trinajstić information content (AvgIpc) is 2.86. The zero-order chi connectivity index (χ0) is 24.1. The second-order valence-corrected chi connectivity index (χ2v) is 7.82. The van der Waals surface area contributed by atoms with Gasteiger partial charge in [-0.1, -0.05) is 23.7 Å². The molecule has 0 radical (unpaired) electrons. The predicted molar refractivity (Wildman–Crippen MR) is 128 cm³/mol. The average molecular weight is 481 g/mol. The highest BCUT2D eigenvalue weighted by atomic mass is 35.5. The lowest BCUT2D eigenvalue weighted by Gasteiger charge is -2.14. The van der Waals surface area contributed by atoms with Gasteiger partial charge in [-0.25, -0.2) is 4.79 Å². The molecule has 0 amide bonds. The number of benzene rings is 3. The van der Waals surface area contributed by atoms with Gasteiger partial charge >= 0.3 is 5.97 Å². The number of aliphatic hydroxyl groups is 1. The zero-order valence-corrected chi connectivity index (χ0v) is 19.0. The van der Waals surface area contributed by atoms with Crippen LogP contribution in [0.15, 0.2) is 82.0 Å². The largest absolute Gasteiger partial charge is 0.491 e. The maximum Gasteiger partial charge on any atom is 0.337 e. The first-order valence-corrected chi connectivity index (χ1v) is 10.8. The van der Waals surface area contributed by atoms with E-state index in [1.807, 2.05) is 0 Å². The Bertz CT molecular complexity index is 1360. The Morgan fingerprint density at radius 3 is 2.41 bits per heavy atom. The third kappa shape index (κ3) is 5.39. The predicted octanol–water partition coefficient (Wildman–Crippen LogP) is 4.72. The van der Waals surface area contributed by atoms with Gasteiger partial charge in [0, 0.05) is 11.6 Å². The van der Waals surface area contributed by atoms with E-state index in [0.717, 1.165) is 0 Å². The van der Waals surface area contributed by atoms with Crippen LogP contribution in [0.4, 0.5) is 0 Å². The molecular weight excluding hydrogens is 460 g/mol. The molecule has 0 bridgehead atoms. The summed E-state index contributed by atoms with van der Waals surface area (Å²) in [6.07, 6.45) is -0.901. The summed E-state index contributed by atoms with van der Waals surface area (Å²) in [6, 6.07) is 19.9. The van der Waals surface area contributed by atoms with Crippen LogP contribution in [0.5, 0.6) is 11.5 Å².